The molecular weight excluding hydrogens is 228 g/mol. The van der Waals surface area contributed by atoms with Crippen molar-refractivity contribution in [2.45, 2.75) is 65.5 Å². The molecule has 0 saturated carbocycles. The van der Waals surface area contributed by atoms with Crippen molar-refractivity contribution in [3.8, 4) is 0 Å². The molecule has 108 valence electrons. The topological polar surface area (TPSA) is 52.6 Å². The van der Waals surface area contributed by atoms with Crippen molar-refractivity contribution in [2.24, 2.45) is 0 Å². The second-order valence-corrected chi connectivity index (χ2v) is 4.99. The molecule has 0 aliphatic heterocycles. The van der Waals surface area contributed by atoms with Gasteiger partial charge in [-0.15, -0.1) is 0 Å². The van der Waals surface area contributed by atoms with E-state index in [9.17, 15) is 4.79 Å². The van der Waals surface area contributed by atoms with Gasteiger partial charge in [0.05, 0.1) is 12.6 Å². The Kier molecular flexibility index (Phi) is 9.98. The maximum atomic E-state index is 12.1. The zero-order valence-corrected chi connectivity index (χ0v) is 12.4. The highest BCUT2D eigenvalue weighted by Crippen LogP contribution is 2.04. The summed E-state index contributed by atoms with van der Waals surface area (Å²) < 4.78 is 0. The summed E-state index contributed by atoms with van der Waals surface area (Å²) in [4.78, 5) is 14.1. The number of aliphatic hydroxyl groups excluding tert-OH is 1. The third-order valence-corrected chi connectivity index (χ3v) is 3.22. The molecule has 0 radical (unpaired) electrons. The minimum atomic E-state index is -0.164. The van der Waals surface area contributed by atoms with Crippen molar-refractivity contribution in [3.05, 3.63) is 0 Å². The number of nitrogens with one attached hydrogen (secondary N) is 1. The van der Waals surface area contributed by atoms with E-state index in [0.29, 0.717) is 6.54 Å². The fourth-order valence-corrected chi connectivity index (χ4v) is 2.02. The lowest BCUT2D eigenvalue weighted by Gasteiger charge is -2.28. The van der Waals surface area contributed by atoms with Crippen LogP contribution in [0.3, 0.4) is 0 Å². The molecule has 0 rings (SSSR count). The summed E-state index contributed by atoms with van der Waals surface area (Å²) in [6, 6.07) is 0.0649. The van der Waals surface area contributed by atoms with Crippen LogP contribution in [0.25, 0.3) is 0 Å². The van der Waals surface area contributed by atoms with E-state index in [2.05, 4.69) is 24.1 Å². The highest BCUT2D eigenvalue weighted by Gasteiger charge is 2.21. The van der Waals surface area contributed by atoms with E-state index in [0.717, 1.165) is 32.2 Å². The Labute approximate surface area is 112 Å². The number of hydrogen-bond donors (Lipinski definition) is 2. The first-order valence-electron chi connectivity index (χ1n) is 7.22. The van der Waals surface area contributed by atoms with Gasteiger partial charge < -0.3 is 10.4 Å². The second kappa shape index (κ2) is 10.3. The summed E-state index contributed by atoms with van der Waals surface area (Å²) >= 11 is 0. The van der Waals surface area contributed by atoms with E-state index in [4.69, 9.17) is 5.11 Å². The van der Waals surface area contributed by atoms with Crippen LogP contribution >= 0.6 is 0 Å². The van der Waals surface area contributed by atoms with Crippen LogP contribution in [-0.4, -0.2) is 47.7 Å². The average molecular weight is 258 g/mol. The van der Waals surface area contributed by atoms with Crippen molar-refractivity contribution in [2.75, 3.05) is 19.7 Å². The fraction of sp³-hybridized carbons (Fsp3) is 0.929. The Bertz CT molecular complexity index is 222. The van der Waals surface area contributed by atoms with E-state index in [1.807, 2.05) is 13.8 Å². The SMILES string of the molecule is CCCCN(CCO)C(C)C(=O)NC(C)CCC. The summed E-state index contributed by atoms with van der Waals surface area (Å²) in [7, 11) is 0. The summed E-state index contributed by atoms with van der Waals surface area (Å²) in [5.74, 6) is 0.0699. The van der Waals surface area contributed by atoms with Gasteiger partial charge in [-0.25, -0.2) is 0 Å². The standard InChI is InChI=1S/C14H30N2O2/c1-5-7-9-16(10-11-17)13(4)14(18)15-12(3)8-6-2/h12-13,17H,5-11H2,1-4H3,(H,15,18). The lowest BCUT2D eigenvalue weighted by Crippen LogP contribution is -2.48. The normalized spacial score (nSPS) is 14.6. The van der Waals surface area contributed by atoms with Crippen LogP contribution < -0.4 is 5.32 Å². The van der Waals surface area contributed by atoms with Crippen LogP contribution in [0, 0.1) is 0 Å². The van der Waals surface area contributed by atoms with Crippen LogP contribution in [0.4, 0.5) is 0 Å². The maximum absolute atomic E-state index is 12.1. The van der Waals surface area contributed by atoms with Gasteiger partial charge in [-0.1, -0.05) is 26.7 Å². The number of rotatable bonds is 10. The average Bonchev–Trinajstić information content (AvgIpc) is 2.33. The second-order valence-electron chi connectivity index (χ2n) is 4.99. The van der Waals surface area contributed by atoms with E-state index < -0.39 is 0 Å². The number of hydrogen-bond acceptors (Lipinski definition) is 3. The lowest BCUT2D eigenvalue weighted by atomic mass is 10.1. The molecule has 0 spiro atoms. The molecule has 0 aromatic carbocycles. The van der Waals surface area contributed by atoms with Gasteiger partial charge in [0.15, 0.2) is 0 Å². The van der Waals surface area contributed by atoms with Gasteiger partial charge in [0, 0.05) is 12.6 Å². The van der Waals surface area contributed by atoms with Gasteiger partial charge >= 0.3 is 0 Å². The van der Waals surface area contributed by atoms with E-state index in [1.165, 1.54) is 0 Å². The number of aliphatic hydroxyl groups is 1. The Hall–Kier alpha value is -0.610. The molecule has 4 nitrogen and oxygen atoms in total. The van der Waals surface area contributed by atoms with Crippen LogP contribution in [0.15, 0.2) is 0 Å². The van der Waals surface area contributed by atoms with Crippen molar-refractivity contribution in [1.82, 2.24) is 10.2 Å². The molecule has 0 aromatic rings. The van der Waals surface area contributed by atoms with Gasteiger partial charge in [-0.3, -0.25) is 9.69 Å². The molecule has 0 aromatic heterocycles. The van der Waals surface area contributed by atoms with E-state index in [1.54, 1.807) is 0 Å². The van der Waals surface area contributed by atoms with Crippen LogP contribution in [-0.2, 0) is 4.79 Å². The number of unbranched alkanes of at least 4 members (excludes halogenated alkanes) is 1. The summed E-state index contributed by atoms with van der Waals surface area (Å²) in [5, 5.41) is 12.1. The van der Waals surface area contributed by atoms with Gasteiger partial charge in [-0.05, 0) is 33.2 Å². The lowest BCUT2D eigenvalue weighted by molar-refractivity contribution is -0.126. The molecule has 0 aliphatic rings. The minimum Gasteiger partial charge on any atom is -0.395 e. The number of amides is 1. The molecule has 0 heterocycles. The molecule has 1 amide bonds. The first kappa shape index (κ1) is 17.4. The quantitative estimate of drug-likeness (QED) is 0.628. The Morgan fingerprint density at radius 1 is 1.22 bits per heavy atom. The fourth-order valence-electron chi connectivity index (χ4n) is 2.02. The highest BCUT2D eigenvalue weighted by atomic mass is 16.3. The molecule has 2 N–H and O–H groups in total. The van der Waals surface area contributed by atoms with Gasteiger partial charge in [-0.2, -0.15) is 0 Å². The minimum absolute atomic E-state index is 0.0699. The first-order valence-corrected chi connectivity index (χ1v) is 7.22. The van der Waals surface area contributed by atoms with Crippen LogP contribution in [0.5, 0.6) is 0 Å². The van der Waals surface area contributed by atoms with E-state index in [-0.39, 0.29) is 24.6 Å². The van der Waals surface area contributed by atoms with Gasteiger partial charge in [0.25, 0.3) is 0 Å². The van der Waals surface area contributed by atoms with Gasteiger partial charge in [0.1, 0.15) is 0 Å². The summed E-state index contributed by atoms with van der Waals surface area (Å²) in [5.41, 5.74) is 0. The highest BCUT2D eigenvalue weighted by molar-refractivity contribution is 5.81. The number of carbonyl (C=O) groups is 1. The Balaban J connectivity index is 4.26. The predicted octanol–water partition coefficient (Wildman–Crippen LogP) is 1.77. The molecule has 0 saturated heterocycles. The molecule has 2 atom stereocenters. The molecule has 18 heavy (non-hydrogen) atoms. The van der Waals surface area contributed by atoms with E-state index >= 15 is 0 Å². The molecule has 2 unspecified atom stereocenters. The number of nitrogens with zero attached hydrogens (tertiary/aromatic N) is 1. The summed E-state index contributed by atoms with van der Waals surface area (Å²) in [6.07, 6.45) is 4.24. The smallest absolute Gasteiger partial charge is 0.237 e. The monoisotopic (exact) mass is 258 g/mol. The zero-order chi connectivity index (χ0) is 14.0. The molecule has 4 heteroatoms. The van der Waals surface area contributed by atoms with Crippen LogP contribution in [0.2, 0.25) is 0 Å². The predicted molar refractivity (Wildman–Crippen MR) is 75.5 cm³/mol. The third-order valence-electron chi connectivity index (χ3n) is 3.22. The van der Waals surface area contributed by atoms with Crippen molar-refractivity contribution < 1.29 is 9.90 Å². The third kappa shape index (κ3) is 6.97. The largest absolute Gasteiger partial charge is 0.395 e. The molecule has 0 fully saturated rings. The Morgan fingerprint density at radius 2 is 1.89 bits per heavy atom. The summed E-state index contributed by atoms with van der Waals surface area (Å²) in [6.45, 7) is 9.74. The molecule has 0 aliphatic carbocycles. The zero-order valence-electron chi connectivity index (χ0n) is 12.4. The molecule has 0 bridgehead atoms. The first-order chi connectivity index (χ1) is 8.56. The Morgan fingerprint density at radius 3 is 2.39 bits per heavy atom. The van der Waals surface area contributed by atoms with Crippen molar-refractivity contribution in [1.29, 1.82) is 0 Å². The maximum Gasteiger partial charge on any atom is 0.237 e. The van der Waals surface area contributed by atoms with Crippen molar-refractivity contribution >= 4 is 5.91 Å². The number of carbonyl (C=O) groups excluding carboxylic acids is 1. The molecular formula is C14H30N2O2. The van der Waals surface area contributed by atoms with Gasteiger partial charge in [0.2, 0.25) is 5.91 Å². The van der Waals surface area contributed by atoms with Crippen LogP contribution in [0.1, 0.15) is 53.4 Å². The van der Waals surface area contributed by atoms with Crippen molar-refractivity contribution in [3.63, 3.8) is 0 Å².